The number of nitrogens with zero attached hydrogens (tertiary/aromatic N) is 1. The van der Waals surface area contributed by atoms with Gasteiger partial charge in [0.25, 0.3) is 0 Å². The molecular weight excluding hydrogens is 142 g/mol. The van der Waals surface area contributed by atoms with Crippen molar-refractivity contribution < 1.29 is 0 Å². The van der Waals surface area contributed by atoms with Crippen LogP contribution in [0.5, 0.6) is 0 Å². The lowest BCUT2D eigenvalue weighted by molar-refractivity contribution is 1.48. The highest BCUT2D eigenvalue weighted by molar-refractivity contribution is 7.84. The van der Waals surface area contributed by atoms with Crippen molar-refractivity contribution in [2.75, 3.05) is 0 Å². The topological polar surface area (TPSA) is 23.8 Å². The Morgan fingerprint density at radius 2 is 2.30 bits per heavy atom. The Kier molecular flexibility index (Phi) is 4.43. The van der Waals surface area contributed by atoms with Crippen LogP contribution in [0.1, 0.15) is 6.92 Å². The molecule has 0 aliphatic carbocycles. The van der Waals surface area contributed by atoms with Gasteiger partial charge in [0.15, 0.2) is 0 Å². The van der Waals surface area contributed by atoms with Gasteiger partial charge in [-0.2, -0.15) is 5.26 Å². The number of thiol groups is 1. The zero-order valence-corrected chi connectivity index (χ0v) is 6.73. The van der Waals surface area contributed by atoms with Crippen molar-refractivity contribution in [1.29, 1.82) is 5.26 Å². The van der Waals surface area contributed by atoms with Gasteiger partial charge < -0.3 is 0 Å². The standard InChI is InChI=1S/C8H9NS/c1-3-7(6-9)5-8(10)4-2/h3-5,10H,2H2,1H3/b7-3+,8-5+. The number of allylic oxidation sites excluding steroid dienone is 4. The maximum Gasteiger partial charge on any atom is 0.0988 e. The summed E-state index contributed by atoms with van der Waals surface area (Å²) >= 11 is 4.03. The maximum absolute atomic E-state index is 8.44. The van der Waals surface area contributed by atoms with Crippen LogP contribution in [0.3, 0.4) is 0 Å². The predicted molar refractivity (Wildman–Crippen MR) is 46.6 cm³/mol. The molecule has 0 aliphatic heterocycles. The SMILES string of the molecule is C=C/C(S)=C\C(C#N)=C/C. The molecule has 0 saturated heterocycles. The summed E-state index contributed by atoms with van der Waals surface area (Å²) in [6.07, 6.45) is 4.97. The van der Waals surface area contributed by atoms with E-state index in [0.717, 1.165) is 0 Å². The summed E-state index contributed by atoms with van der Waals surface area (Å²) in [4.78, 5) is 0.703. The van der Waals surface area contributed by atoms with Crippen LogP contribution in [-0.4, -0.2) is 0 Å². The molecule has 0 radical (unpaired) electrons. The molecule has 0 aromatic rings. The van der Waals surface area contributed by atoms with E-state index in [1.54, 1.807) is 25.2 Å². The van der Waals surface area contributed by atoms with E-state index >= 15 is 0 Å². The van der Waals surface area contributed by atoms with Crippen LogP contribution in [0.15, 0.2) is 35.3 Å². The minimum Gasteiger partial charge on any atom is -0.192 e. The van der Waals surface area contributed by atoms with Crippen molar-refractivity contribution in [3.05, 3.63) is 35.3 Å². The maximum atomic E-state index is 8.44. The van der Waals surface area contributed by atoms with Crippen LogP contribution in [0, 0.1) is 11.3 Å². The van der Waals surface area contributed by atoms with Gasteiger partial charge in [0.05, 0.1) is 6.07 Å². The molecule has 0 atom stereocenters. The largest absolute Gasteiger partial charge is 0.192 e. The molecule has 0 spiro atoms. The second-order valence-corrected chi connectivity index (χ2v) is 2.15. The molecule has 1 nitrogen and oxygen atoms in total. The third-order valence-corrected chi connectivity index (χ3v) is 1.26. The van der Waals surface area contributed by atoms with E-state index in [1.807, 2.05) is 6.07 Å². The molecule has 0 N–H and O–H groups in total. The van der Waals surface area contributed by atoms with E-state index in [-0.39, 0.29) is 0 Å². The summed E-state index contributed by atoms with van der Waals surface area (Å²) in [5, 5.41) is 8.44. The van der Waals surface area contributed by atoms with Crippen LogP contribution in [-0.2, 0) is 0 Å². The Hall–Kier alpha value is -0.940. The molecule has 0 unspecified atom stereocenters. The second kappa shape index (κ2) is 4.89. The minimum absolute atomic E-state index is 0.602. The van der Waals surface area contributed by atoms with Gasteiger partial charge in [0.1, 0.15) is 0 Å². The number of rotatable bonds is 2. The van der Waals surface area contributed by atoms with Gasteiger partial charge in [0.2, 0.25) is 0 Å². The Morgan fingerprint density at radius 1 is 1.70 bits per heavy atom. The Morgan fingerprint density at radius 3 is 2.60 bits per heavy atom. The van der Waals surface area contributed by atoms with E-state index < -0.39 is 0 Å². The molecule has 52 valence electrons. The number of nitriles is 1. The molecule has 0 rings (SSSR count). The Labute approximate surface area is 66.8 Å². The van der Waals surface area contributed by atoms with E-state index in [0.29, 0.717) is 10.5 Å². The number of hydrogen-bond acceptors (Lipinski definition) is 2. The molecule has 0 bridgehead atoms. The first-order chi connectivity index (χ1) is 4.74. The molecule has 0 aliphatic rings. The van der Waals surface area contributed by atoms with Gasteiger partial charge in [0, 0.05) is 10.5 Å². The minimum atomic E-state index is 0.602. The fourth-order valence-corrected chi connectivity index (χ4v) is 0.537. The average molecular weight is 151 g/mol. The monoisotopic (exact) mass is 151 g/mol. The summed E-state index contributed by atoms with van der Waals surface area (Å²) in [7, 11) is 0. The summed E-state index contributed by atoms with van der Waals surface area (Å²) in [5.74, 6) is 0. The first-order valence-corrected chi connectivity index (χ1v) is 3.28. The highest BCUT2D eigenvalue weighted by atomic mass is 32.1. The van der Waals surface area contributed by atoms with Crippen LogP contribution in [0.4, 0.5) is 0 Å². The third kappa shape index (κ3) is 3.16. The first-order valence-electron chi connectivity index (χ1n) is 2.84. The summed E-state index contributed by atoms with van der Waals surface area (Å²) in [6.45, 7) is 5.31. The average Bonchev–Trinajstić information content (AvgIpc) is 1.99. The molecule has 0 saturated carbocycles. The summed E-state index contributed by atoms with van der Waals surface area (Å²) in [5.41, 5.74) is 0.602. The fraction of sp³-hybridized carbons (Fsp3) is 0.125. The lowest BCUT2D eigenvalue weighted by Crippen LogP contribution is -1.70. The predicted octanol–water partition coefficient (Wildman–Crippen LogP) is 2.46. The van der Waals surface area contributed by atoms with E-state index in [2.05, 4.69) is 19.2 Å². The van der Waals surface area contributed by atoms with Gasteiger partial charge in [-0.15, -0.1) is 12.6 Å². The van der Waals surface area contributed by atoms with Gasteiger partial charge in [-0.05, 0) is 13.0 Å². The van der Waals surface area contributed by atoms with Crippen molar-refractivity contribution in [3.63, 3.8) is 0 Å². The quantitative estimate of drug-likeness (QED) is 0.366. The Balaban J connectivity index is 4.41. The lowest BCUT2D eigenvalue weighted by Gasteiger charge is -1.87. The lowest BCUT2D eigenvalue weighted by atomic mass is 10.2. The first kappa shape index (κ1) is 9.06. The smallest absolute Gasteiger partial charge is 0.0988 e. The Bertz CT molecular complexity index is 218. The number of hydrogen-bond donors (Lipinski definition) is 1. The van der Waals surface area contributed by atoms with Crippen LogP contribution >= 0.6 is 12.6 Å². The van der Waals surface area contributed by atoms with Gasteiger partial charge in [-0.1, -0.05) is 18.7 Å². The fourth-order valence-electron chi connectivity index (χ4n) is 0.398. The van der Waals surface area contributed by atoms with Crippen LogP contribution < -0.4 is 0 Å². The van der Waals surface area contributed by atoms with Gasteiger partial charge in [-0.25, -0.2) is 0 Å². The zero-order valence-electron chi connectivity index (χ0n) is 5.83. The van der Waals surface area contributed by atoms with Crippen molar-refractivity contribution in [3.8, 4) is 6.07 Å². The van der Waals surface area contributed by atoms with Crippen LogP contribution in [0.25, 0.3) is 0 Å². The van der Waals surface area contributed by atoms with Crippen molar-refractivity contribution in [1.82, 2.24) is 0 Å². The molecule has 0 heterocycles. The molecular formula is C8H9NS. The normalized spacial score (nSPS) is 12.5. The van der Waals surface area contributed by atoms with E-state index in [9.17, 15) is 0 Å². The highest BCUT2D eigenvalue weighted by Gasteiger charge is 1.86. The van der Waals surface area contributed by atoms with E-state index in [4.69, 9.17) is 5.26 Å². The zero-order chi connectivity index (χ0) is 7.98. The van der Waals surface area contributed by atoms with Gasteiger partial charge >= 0.3 is 0 Å². The van der Waals surface area contributed by atoms with Crippen molar-refractivity contribution in [2.24, 2.45) is 0 Å². The second-order valence-electron chi connectivity index (χ2n) is 1.63. The van der Waals surface area contributed by atoms with Crippen LogP contribution in [0.2, 0.25) is 0 Å². The molecule has 0 fully saturated rings. The summed E-state index contributed by atoms with van der Waals surface area (Å²) in [6, 6.07) is 2.00. The van der Waals surface area contributed by atoms with Crippen molar-refractivity contribution in [2.45, 2.75) is 6.92 Å². The molecule has 0 aromatic carbocycles. The molecule has 0 amide bonds. The molecule has 0 aromatic heterocycles. The summed E-state index contributed by atoms with van der Waals surface area (Å²) < 4.78 is 0. The molecule has 2 heteroatoms. The third-order valence-electron chi connectivity index (χ3n) is 0.953. The van der Waals surface area contributed by atoms with Crippen molar-refractivity contribution >= 4 is 12.6 Å². The van der Waals surface area contributed by atoms with E-state index in [1.165, 1.54) is 0 Å². The van der Waals surface area contributed by atoms with Gasteiger partial charge in [-0.3, -0.25) is 0 Å². The highest BCUT2D eigenvalue weighted by Crippen LogP contribution is 2.05. The molecule has 10 heavy (non-hydrogen) atoms.